The van der Waals surface area contributed by atoms with Crippen LogP contribution in [-0.2, 0) is 29.0 Å². The number of hydrogen-bond acceptors (Lipinski definition) is 5. The fraction of sp³-hybridized carbons (Fsp3) is 0.600. The summed E-state index contributed by atoms with van der Waals surface area (Å²) in [7, 11) is 0. The summed E-state index contributed by atoms with van der Waals surface area (Å²) in [6, 6.07) is 0. The van der Waals surface area contributed by atoms with Crippen LogP contribution in [0.5, 0.6) is 0 Å². The molecule has 2 aliphatic rings. The Balaban J connectivity index is 1.63. The van der Waals surface area contributed by atoms with Crippen LogP contribution in [0.4, 0.5) is 4.79 Å². The fourth-order valence-electron chi connectivity index (χ4n) is 2.67. The number of ether oxygens (including phenoxy) is 1. The summed E-state index contributed by atoms with van der Waals surface area (Å²) in [6.07, 6.45) is 2.24. The minimum absolute atomic E-state index is 0.0686. The summed E-state index contributed by atoms with van der Waals surface area (Å²) in [5.74, 6) is 1.24. The molecule has 0 spiro atoms. The Kier molecular flexibility index (Phi) is 3.96. The first kappa shape index (κ1) is 14.7. The smallest absolute Gasteiger partial charge is 0.410 e. The van der Waals surface area contributed by atoms with Gasteiger partial charge in [-0.2, -0.15) is 0 Å². The van der Waals surface area contributed by atoms with Gasteiger partial charge in [0.25, 0.3) is 0 Å². The Morgan fingerprint density at radius 2 is 2.23 bits per heavy atom. The van der Waals surface area contributed by atoms with E-state index in [0.29, 0.717) is 32.2 Å². The van der Waals surface area contributed by atoms with Gasteiger partial charge in [0.1, 0.15) is 19.0 Å². The van der Waals surface area contributed by atoms with Crippen molar-refractivity contribution in [2.45, 2.75) is 33.4 Å². The molecule has 2 amide bonds. The standard InChI is InChI=1S/C15H20N4O3/c1-10(2)5-13-16-6-11-7-19(8-12(11)17-13)14(20)9-18-3-4-22-15(18)21/h6,10H,3-5,7-9H2,1-2H3. The molecule has 0 saturated carbocycles. The molecule has 7 heteroatoms. The average molecular weight is 304 g/mol. The van der Waals surface area contributed by atoms with E-state index in [9.17, 15) is 9.59 Å². The van der Waals surface area contributed by atoms with Crippen LogP contribution in [0.15, 0.2) is 6.20 Å². The van der Waals surface area contributed by atoms with Crippen LogP contribution in [0, 0.1) is 5.92 Å². The lowest BCUT2D eigenvalue weighted by Crippen LogP contribution is -2.38. The van der Waals surface area contributed by atoms with Crippen molar-refractivity contribution in [3.63, 3.8) is 0 Å². The molecule has 1 saturated heterocycles. The van der Waals surface area contributed by atoms with Crippen LogP contribution < -0.4 is 0 Å². The molecule has 7 nitrogen and oxygen atoms in total. The summed E-state index contributed by atoms with van der Waals surface area (Å²) in [5, 5.41) is 0. The number of amides is 2. The normalized spacial score (nSPS) is 17.1. The van der Waals surface area contributed by atoms with Gasteiger partial charge < -0.3 is 9.64 Å². The first-order valence-corrected chi connectivity index (χ1v) is 7.56. The minimum atomic E-state index is -0.413. The van der Waals surface area contributed by atoms with E-state index in [1.165, 1.54) is 4.90 Å². The zero-order valence-electron chi connectivity index (χ0n) is 12.9. The van der Waals surface area contributed by atoms with Crippen LogP contribution in [0.1, 0.15) is 30.9 Å². The van der Waals surface area contributed by atoms with Crippen molar-refractivity contribution in [1.82, 2.24) is 19.8 Å². The van der Waals surface area contributed by atoms with Gasteiger partial charge in [0, 0.05) is 24.7 Å². The van der Waals surface area contributed by atoms with Gasteiger partial charge in [0.05, 0.1) is 18.8 Å². The summed E-state index contributed by atoms with van der Waals surface area (Å²) < 4.78 is 4.84. The van der Waals surface area contributed by atoms with E-state index in [2.05, 4.69) is 23.8 Å². The Labute approximate surface area is 129 Å². The third kappa shape index (κ3) is 3.03. The number of cyclic esters (lactones) is 1. The summed E-state index contributed by atoms with van der Waals surface area (Å²) in [5.41, 5.74) is 1.91. The number of hydrogen-bond donors (Lipinski definition) is 0. The predicted molar refractivity (Wildman–Crippen MR) is 77.7 cm³/mol. The highest BCUT2D eigenvalue weighted by Gasteiger charge is 2.30. The van der Waals surface area contributed by atoms with E-state index >= 15 is 0 Å². The van der Waals surface area contributed by atoms with Gasteiger partial charge in [0.2, 0.25) is 5.91 Å². The molecule has 0 atom stereocenters. The average Bonchev–Trinajstić information content (AvgIpc) is 3.04. The van der Waals surface area contributed by atoms with Crippen molar-refractivity contribution >= 4 is 12.0 Å². The molecular formula is C15H20N4O3. The van der Waals surface area contributed by atoms with E-state index in [4.69, 9.17) is 4.74 Å². The predicted octanol–water partition coefficient (Wildman–Crippen LogP) is 0.969. The Morgan fingerprint density at radius 3 is 2.91 bits per heavy atom. The zero-order chi connectivity index (χ0) is 15.7. The molecular weight excluding hydrogens is 284 g/mol. The molecule has 0 radical (unpaired) electrons. The number of carbonyl (C=O) groups excluding carboxylic acids is 2. The summed E-state index contributed by atoms with van der Waals surface area (Å²) in [4.78, 5) is 35.8. The highest BCUT2D eigenvalue weighted by atomic mass is 16.6. The highest BCUT2D eigenvalue weighted by molar-refractivity contribution is 5.83. The van der Waals surface area contributed by atoms with E-state index in [1.54, 1.807) is 4.90 Å². The number of fused-ring (bicyclic) bond motifs is 1. The van der Waals surface area contributed by atoms with Crippen LogP contribution in [0.2, 0.25) is 0 Å². The maximum absolute atomic E-state index is 12.3. The maximum atomic E-state index is 12.3. The molecule has 0 aliphatic carbocycles. The molecule has 1 fully saturated rings. The second kappa shape index (κ2) is 5.90. The minimum Gasteiger partial charge on any atom is -0.448 e. The van der Waals surface area contributed by atoms with Crippen LogP contribution >= 0.6 is 0 Å². The van der Waals surface area contributed by atoms with Crippen molar-refractivity contribution in [3.05, 3.63) is 23.3 Å². The van der Waals surface area contributed by atoms with Gasteiger partial charge in [-0.15, -0.1) is 0 Å². The molecule has 22 heavy (non-hydrogen) atoms. The molecule has 3 rings (SSSR count). The van der Waals surface area contributed by atoms with E-state index < -0.39 is 6.09 Å². The molecule has 0 N–H and O–H groups in total. The maximum Gasteiger partial charge on any atom is 0.410 e. The molecule has 0 aromatic carbocycles. The number of rotatable bonds is 4. The summed E-state index contributed by atoms with van der Waals surface area (Å²) >= 11 is 0. The first-order chi connectivity index (χ1) is 10.5. The zero-order valence-corrected chi connectivity index (χ0v) is 12.9. The van der Waals surface area contributed by atoms with Gasteiger partial charge in [-0.05, 0) is 5.92 Å². The van der Waals surface area contributed by atoms with E-state index in [0.717, 1.165) is 23.5 Å². The van der Waals surface area contributed by atoms with E-state index in [-0.39, 0.29) is 12.5 Å². The number of nitrogens with zero attached hydrogens (tertiary/aromatic N) is 4. The Bertz CT molecular complexity index is 602. The highest BCUT2D eigenvalue weighted by Crippen LogP contribution is 2.21. The molecule has 0 unspecified atom stereocenters. The Hall–Kier alpha value is -2.18. The molecule has 2 aliphatic heterocycles. The van der Waals surface area contributed by atoms with Crippen molar-refractivity contribution < 1.29 is 14.3 Å². The van der Waals surface area contributed by atoms with Crippen LogP contribution in [-0.4, -0.2) is 51.5 Å². The fourth-order valence-corrected chi connectivity index (χ4v) is 2.67. The van der Waals surface area contributed by atoms with Crippen molar-refractivity contribution in [1.29, 1.82) is 0 Å². The molecule has 0 bridgehead atoms. The topological polar surface area (TPSA) is 75.6 Å². The van der Waals surface area contributed by atoms with Gasteiger partial charge in [-0.1, -0.05) is 13.8 Å². The van der Waals surface area contributed by atoms with Crippen molar-refractivity contribution in [2.24, 2.45) is 5.92 Å². The third-order valence-corrected chi connectivity index (χ3v) is 3.82. The third-order valence-electron chi connectivity index (χ3n) is 3.82. The van der Waals surface area contributed by atoms with Crippen molar-refractivity contribution in [3.8, 4) is 0 Å². The lowest BCUT2D eigenvalue weighted by molar-refractivity contribution is -0.132. The van der Waals surface area contributed by atoms with Gasteiger partial charge in [0.15, 0.2) is 0 Å². The molecule has 118 valence electrons. The second-order valence-corrected chi connectivity index (χ2v) is 6.14. The quantitative estimate of drug-likeness (QED) is 0.828. The molecule has 3 heterocycles. The second-order valence-electron chi connectivity index (χ2n) is 6.14. The SMILES string of the molecule is CC(C)Cc1ncc2c(n1)CN(C(=O)CN1CCOC1=O)C2. The summed E-state index contributed by atoms with van der Waals surface area (Å²) in [6.45, 7) is 6.16. The number of carbonyl (C=O) groups is 2. The van der Waals surface area contributed by atoms with Crippen LogP contribution in [0.3, 0.4) is 0 Å². The molecule has 1 aromatic heterocycles. The first-order valence-electron chi connectivity index (χ1n) is 7.56. The van der Waals surface area contributed by atoms with Gasteiger partial charge in [-0.25, -0.2) is 14.8 Å². The van der Waals surface area contributed by atoms with E-state index in [1.807, 2.05) is 6.20 Å². The van der Waals surface area contributed by atoms with Crippen LogP contribution in [0.25, 0.3) is 0 Å². The van der Waals surface area contributed by atoms with Gasteiger partial charge >= 0.3 is 6.09 Å². The lowest BCUT2D eigenvalue weighted by atomic mass is 10.1. The van der Waals surface area contributed by atoms with Gasteiger partial charge in [-0.3, -0.25) is 9.69 Å². The van der Waals surface area contributed by atoms with Crippen molar-refractivity contribution in [2.75, 3.05) is 19.7 Å². The molecule has 1 aromatic rings. The largest absolute Gasteiger partial charge is 0.448 e. The monoisotopic (exact) mass is 304 g/mol. The number of aromatic nitrogens is 2. The Morgan fingerprint density at radius 1 is 1.41 bits per heavy atom. The lowest BCUT2D eigenvalue weighted by Gasteiger charge is -2.18.